The second kappa shape index (κ2) is 16.8. The molecule has 0 radical (unpaired) electrons. The van der Waals surface area contributed by atoms with Gasteiger partial charge in [0, 0.05) is 26.4 Å². The zero-order valence-electron chi connectivity index (χ0n) is 18.5. The van der Waals surface area contributed by atoms with Gasteiger partial charge in [-0.25, -0.2) is 0 Å². The summed E-state index contributed by atoms with van der Waals surface area (Å²) in [5.41, 5.74) is -0.561. The van der Waals surface area contributed by atoms with E-state index in [4.69, 9.17) is 35.3 Å². The van der Waals surface area contributed by atoms with Gasteiger partial charge in [0.25, 0.3) is 0 Å². The lowest BCUT2D eigenvalue weighted by molar-refractivity contribution is -0.249. The molecule has 0 aromatic rings. The first-order chi connectivity index (χ1) is 13.7. The SMILES string of the molecule is CCCCOC[C@H]1OC(Cl)[C@H](OCCCC)[C@@H](OCCCC)[C@@H]1OCCCC. The molecule has 1 unspecified atom stereocenters. The van der Waals surface area contributed by atoms with Crippen LogP contribution in [0.25, 0.3) is 0 Å². The number of rotatable bonds is 17. The van der Waals surface area contributed by atoms with E-state index >= 15 is 0 Å². The molecule has 0 saturated carbocycles. The molecule has 0 amide bonds. The van der Waals surface area contributed by atoms with Gasteiger partial charge in [-0.05, 0) is 25.7 Å². The Morgan fingerprint density at radius 2 is 1.11 bits per heavy atom. The minimum Gasteiger partial charge on any atom is -0.379 e. The molecule has 0 N–H and O–H groups in total. The predicted molar refractivity (Wildman–Crippen MR) is 114 cm³/mol. The fourth-order valence-corrected chi connectivity index (χ4v) is 3.45. The summed E-state index contributed by atoms with van der Waals surface area (Å²) in [6, 6.07) is 0. The van der Waals surface area contributed by atoms with Crippen molar-refractivity contribution < 1.29 is 23.7 Å². The van der Waals surface area contributed by atoms with Gasteiger partial charge in [-0.2, -0.15) is 0 Å². The summed E-state index contributed by atoms with van der Waals surface area (Å²) in [7, 11) is 0. The molecule has 0 spiro atoms. The van der Waals surface area contributed by atoms with Gasteiger partial charge >= 0.3 is 0 Å². The van der Waals surface area contributed by atoms with Crippen molar-refractivity contribution in [2.24, 2.45) is 0 Å². The molecule has 1 aliphatic heterocycles. The van der Waals surface area contributed by atoms with Crippen molar-refractivity contribution in [3.05, 3.63) is 0 Å². The maximum atomic E-state index is 6.59. The molecule has 1 aliphatic rings. The van der Waals surface area contributed by atoms with E-state index in [0.717, 1.165) is 58.0 Å². The predicted octanol–water partition coefficient (Wildman–Crippen LogP) is 5.32. The van der Waals surface area contributed by atoms with E-state index in [1.165, 1.54) is 0 Å². The average Bonchev–Trinajstić information content (AvgIpc) is 2.69. The average molecular weight is 423 g/mol. The molecular weight excluding hydrogens is 380 g/mol. The van der Waals surface area contributed by atoms with Crippen molar-refractivity contribution in [1.82, 2.24) is 0 Å². The summed E-state index contributed by atoms with van der Waals surface area (Å²) >= 11 is 6.59. The number of hydrogen-bond donors (Lipinski definition) is 0. The molecule has 1 fully saturated rings. The van der Waals surface area contributed by atoms with E-state index in [9.17, 15) is 0 Å². The van der Waals surface area contributed by atoms with Crippen LogP contribution in [0.2, 0.25) is 0 Å². The molecule has 0 aromatic carbocycles. The molecule has 1 heterocycles. The van der Waals surface area contributed by atoms with Gasteiger partial charge in [0.2, 0.25) is 0 Å². The summed E-state index contributed by atoms with van der Waals surface area (Å²) in [5, 5.41) is 0. The number of hydrogen-bond acceptors (Lipinski definition) is 5. The molecule has 28 heavy (non-hydrogen) atoms. The van der Waals surface area contributed by atoms with E-state index in [1.54, 1.807) is 0 Å². The van der Waals surface area contributed by atoms with Crippen LogP contribution in [0.5, 0.6) is 0 Å². The lowest BCUT2D eigenvalue weighted by Crippen LogP contribution is -2.60. The lowest BCUT2D eigenvalue weighted by Gasteiger charge is -2.44. The van der Waals surface area contributed by atoms with E-state index in [2.05, 4.69) is 27.7 Å². The maximum Gasteiger partial charge on any atom is 0.160 e. The second-order valence-corrected chi connectivity index (χ2v) is 7.95. The normalized spacial score (nSPS) is 28.0. The number of alkyl halides is 1. The van der Waals surface area contributed by atoms with Crippen molar-refractivity contribution in [2.75, 3.05) is 33.0 Å². The van der Waals surface area contributed by atoms with E-state index in [0.29, 0.717) is 26.4 Å². The van der Waals surface area contributed by atoms with Crippen molar-refractivity contribution >= 4 is 11.6 Å². The van der Waals surface area contributed by atoms with Gasteiger partial charge < -0.3 is 23.7 Å². The fraction of sp³-hybridized carbons (Fsp3) is 1.00. The van der Waals surface area contributed by atoms with E-state index in [1.807, 2.05) is 0 Å². The van der Waals surface area contributed by atoms with Crippen LogP contribution in [0.1, 0.15) is 79.1 Å². The third kappa shape index (κ3) is 9.73. The van der Waals surface area contributed by atoms with Gasteiger partial charge in [0.15, 0.2) is 5.56 Å². The highest BCUT2D eigenvalue weighted by Crippen LogP contribution is 2.31. The van der Waals surface area contributed by atoms with Crippen LogP contribution < -0.4 is 0 Å². The van der Waals surface area contributed by atoms with Gasteiger partial charge in [0.05, 0.1) is 6.61 Å². The Labute approximate surface area is 177 Å². The minimum atomic E-state index is -0.561. The van der Waals surface area contributed by atoms with Crippen LogP contribution in [0.4, 0.5) is 0 Å². The van der Waals surface area contributed by atoms with Crippen LogP contribution >= 0.6 is 11.6 Å². The zero-order valence-corrected chi connectivity index (χ0v) is 19.3. The van der Waals surface area contributed by atoms with Gasteiger partial charge in [-0.3, -0.25) is 0 Å². The van der Waals surface area contributed by atoms with Crippen molar-refractivity contribution in [3.8, 4) is 0 Å². The van der Waals surface area contributed by atoms with Gasteiger partial charge in [-0.1, -0.05) is 65.0 Å². The molecular formula is C22H43ClO5. The summed E-state index contributed by atoms with van der Waals surface area (Å²) in [4.78, 5) is 0. The molecule has 1 rings (SSSR count). The Balaban J connectivity index is 2.84. The Hall–Kier alpha value is 0.0900. The Morgan fingerprint density at radius 3 is 1.64 bits per heavy atom. The van der Waals surface area contributed by atoms with Crippen molar-refractivity contribution in [3.63, 3.8) is 0 Å². The van der Waals surface area contributed by atoms with Crippen LogP contribution in [0.15, 0.2) is 0 Å². The highest BCUT2D eigenvalue weighted by molar-refractivity contribution is 6.20. The molecule has 0 aromatic heterocycles. The summed E-state index contributed by atoms with van der Waals surface area (Å²) in [6.45, 7) is 11.8. The molecule has 0 aliphatic carbocycles. The first-order valence-electron chi connectivity index (χ1n) is 11.4. The topological polar surface area (TPSA) is 46.2 Å². The van der Waals surface area contributed by atoms with Crippen LogP contribution in [-0.2, 0) is 23.7 Å². The highest BCUT2D eigenvalue weighted by atomic mass is 35.5. The van der Waals surface area contributed by atoms with Crippen LogP contribution in [0, 0.1) is 0 Å². The third-order valence-electron chi connectivity index (χ3n) is 4.93. The van der Waals surface area contributed by atoms with Gasteiger partial charge in [-0.15, -0.1) is 0 Å². The van der Waals surface area contributed by atoms with Crippen LogP contribution in [0.3, 0.4) is 0 Å². The summed E-state index contributed by atoms with van der Waals surface area (Å²) < 4.78 is 30.6. The molecule has 5 atom stereocenters. The first-order valence-corrected chi connectivity index (χ1v) is 11.8. The monoisotopic (exact) mass is 422 g/mol. The molecule has 1 saturated heterocycles. The highest BCUT2D eigenvalue weighted by Gasteiger charge is 2.47. The third-order valence-corrected chi connectivity index (χ3v) is 5.28. The molecule has 6 heteroatoms. The van der Waals surface area contributed by atoms with Crippen LogP contribution in [-0.4, -0.2) is 63.0 Å². The zero-order chi connectivity index (χ0) is 20.6. The summed E-state index contributed by atoms with van der Waals surface area (Å²) in [6.07, 6.45) is 7.35. The molecule has 168 valence electrons. The number of ether oxygens (including phenoxy) is 5. The fourth-order valence-electron chi connectivity index (χ4n) is 3.10. The number of unbranched alkanes of at least 4 members (excludes halogenated alkanes) is 4. The molecule has 5 nitrogen and oxygen atoms in total. The Kier molecular flexibility index (Phi) is 15.7. The minimum absolute atomic E-state index is 0.230. The quantitative estimate of drug-likeness (QED) is 0.234. The maximum absolute atomic E-state index is 6.59. The largest absolute Gasteiger partial charge is 0.379 e. The van der Waals surface area contributed by atoms with E-state index < -0.39 is 5.56 Å². The number of halogens is 1. The summed E-state index contributed by atoms with van der Waals surface area (Å²) in [5.74, 6) is 0. The van der Waals surface area contributed by atoms with Crippen molar-refractivity contribution in [1.29, 1.82) is 0 Å². The van der Waals surface area contributed by atoms with E-state index in [-0.39, 0.29) is 24.4 Å². The van der Waals surface area contributed by atoms with Gasteiger partial charge in [0.1, 0.15) is 24.4 Å². The standard InChI is InChI=1S/C22H43ClO5/c1-5-9-13-24-17-18-19(25-14-10-6-2)20(26-15-11-7-3)21(22(23)28-18)27-16-12-8-4/h18-22H,5-17H2,1-4H3/t18-,19-,20+,21-,22?/m1/s1. The molecule has 0 bridgehead atoms. The Bertz CT molecular complexity index is 358. The first kappa shape index (κ1) is 26.1. The Morgan fingerprint density at radius 1 is 0.643 bits per heavy atom. The smallest absolute Gasteiger partial charge is 0.160 e. The lowest BCUT2D eigenvalue weighted by atomic mass is 9.99. The van der Waals surface area contributed by atoms with Crippen molar-refractivity contribution in [2.45, 2.75) is 109 Å². The second-order valence-electron chi connectivity index (χ2n) is 7.52.